The minimum Gasteiger partial charge on any atom is -0.496 e. The maximum Gasteiger partial charge on any atom is 0.241 e. The molecule has 182 valence electrons. The van der Waals surface area contributed by atoms with Crippen LogP contribution in [0.15, 0.2) is 72.8 Å². The molecule has 5 heteroatoms. The average molecular weight is 465 g/mol. The van der Waals surface area contributed by atoms with Crippen molar-refractivity contribution < 1.29 is 13.9 Å². The van der Waals surface area contributed by atoms with Crippen molar-refractivity contribution in [1.29, 1.82) is 0 Å². The lowest BCUT2D eigenvalue weighted by Gasteiger charge is -2.31. The number of methoxy groups -OCH3 is 1. The second-order valence-corrected chi connectivity index (χ2v) is 8.14. The van der Waals surface area contributed by atoms with Crippen LogP contribution in [0.25, 0.3) is 0 Å². The van der Waals surface area contributed by atoms with Crippen LogP contribution < -0.4 is 15.4 Å². The van der Waals surface area contributed by atoms with Crippen molar-refractivity contribution in [3.05, 3.63) is 101 Å². The Bertz CT molecular complexity index is 1020. The van der Waals surface area contributed by atoms with Gasteiger partial charge in [-0.25, -0.2) is 4.39 Å². The Kier molecular flexibility index (Phi) is 10.8. The first-order valence-corrected chi connectivity index (χ1v) is 11.8. The average Bonchev–Trinajstić information content (AvgIpc) is 2.88. The Balaban J connectivity index is 0.00000199. The number of benzene rings is 3. The van der Waals surface area contributed by atoms with Gasteiger partial charge in [0.1, 0.15) is 17.6 Å². The fraction of sp³-hybridized carbons (Fsp3) is 0.345. The van der Waals surface area contributed by atoms with Gasteiger partial charge in [-0.1, -0.05) is 75.4 Å². The number of aryl methyl sites for hydroxylation is 1. The summed E-state index contributed by atoms with van der Waals surface area (Å²) in [5.74, 6) is 0.570. The topological polar surface area (TPSA) is 50.4 Å². The lowest BCUT2D eigenvalue weighted by Crippen LogP contribution is -2.40. The molecule has 0 aliphatic carbocycles. The van der Waals surface area contributed by atoms with Crippen molar-refractivity contribution in [2.75, 3.05) is 14.2 Å². The number of likely N-dealkylation sites (N-methyl/N-ethyl adjacent to an activating group) is 1. The molecule has 0 aliphatic heterocycles. The van der Waals surface area contributed by atoms with Crippen molar-refractivity contribution in [3.8, 4) is 5.75 Å². The first-order chi connectivity index (χ1) is 16.4. The van der Waals surface area contributed by atoms with E-state index in [1.54, 1.807) is 14.2 Å². The molecule has 4 nitrogen and oxygen atoms in total. The highest BCUT2D eigenvalue weighted by Gasteiger charge is 2.28. The van der Waals surface area contributed by atoms with E-state index in [2.05, 4.69) is 23.6 Å². The number of hydrogen-bond donors (Lipinski definition) is 2. The summed E-state index contributed by atoms with van der Waals surface area (Å²) in [6.45, 7) is 8.14. The standard InChI is InChI=1S/C27H31FN2O2.C2H6/c1-18-10-13-22(17-24(18)32-4)25(19(2)16-20-11-14-23(28)15-12-20)30-26(27(31)29-3)21-8-6-5-7-9-21;1-2/h5-15,17,19,25-26,30H,16H2,1-4H3,(H,29,31);1-2H3/t19?,25-,26?;/m1./s1. The van der Waals surface area contributed by atoms with E-state index in [0.717, 1.165) is 34.4 Å². The Morgan fingerprint density at radius 2 is 1.62 bits per heavy atom. The highest BCUT2D eigenvalue weighted by Crippen LogP contribution is 2.32. The molecule has 0 saturated heterocycles. The van der Waals surface area contributed by atoms with Gasteiger partial charge in [-0.3, -0.25) is 10.1 Å². The van der Waals surface area contributed by atoms with E-state index in [9.17, 15) is 9.18 Å². The van der Waals surface area contributed by atoms with E-state index in [4.69, 9.17) is 4.74 Å². The molecular formula is C29H37FN2O2. The molecule has 0 fully saturated rings. The van der Waals surface area contributed by atoms with Crippen LogP contribution in [0.1, 0.15) is 55.1 Å². The molecule has 0 spiro atoms. The summed E-state index contributed by atoms with van der Waals surface area (Å²) < 4.78 is 18.9. The maximum absolute atomic E-state index is 13.4. The molecule has 3 rings (SSSR count). The minimum atomic E-state index is -0.519. The largest absolute Gasteiger partial charge is 0.496 e. The van der Waals surface area contributed by atoms with Crippen LogP contribution in [0.3, 0.4) is 0 Å². The summed E-state index contributed by atoms with van der Waals surface area (Å²) in [6, 6.07) is 21.8. The number of carbonyl (C=O) groups is 1. The third kappa shape index (κ3) is 7.16. The van der Waals surface area contributed by atoms with E-state index in [0.29, 0.717) is 0 Å². The van der Waals surface area contributed by atoms with Crippen LogP contribution in [-0.4, -0.2) is 20.1 Å². The van der Waals surface area contributed by atoms with E-state index < -0.39 is 6.04 Å². The maximum atomic E-state index is 13.4. The molecule has 0 bridgehead atoms. The van der Waals surface area contributed by atoms with Crippen molar-refractivity contribution >= 4 is 5.91 Å². The van der Waals surface area contributed by atoms with Crippen molar-refractivity contribution in [2.45, 2.75) is 46.2 Å². The van der Waals surface area contributed by atoms with Gasteiger partial charge in [0, 0.05) is 13.1 Å². The second kappa shape index (κ2) is 13.5. The quantitative estimate of drug-likeness (QED) is 0.398. The summed E-state index contributed by atoms with van der Waals surface area (Å²) in [5.41, 5.74) is 4.02. The number of ether oxygens (including phenoxy) is 1. The lowest BCUT2D eigenvalue weighted by molar-refractivity contribution is -0.123. The third-order valence-electron chi connectivity index (χ3n) is 5.82. The van der Waals surface area contributed by atoms with E-state index in [1.807, 2.05) is 75.4 Å². The zero-order chi connectivity index (χ0) is 25.1. The highest BCUT2D eigenvalue weighted by atomic mass is 19.1. The van der Waals surface area contributed by atoms with Crippen LogP contribution >= 0.6 is 0 Å². The summed E-state index contributed by atoms with van der Waals surface area (Å²) >= 11 is 0. The smallest absolute Gasteiger partial charge is 0.241 e. The fourth-order valence-corrected chi connectivity index (χ4v) is 4.02. The number of halogens is 1. The van der Waals surface area contributed by atoms with Crippen LogP contribution in [0.4, 0.5) is 4.39 Å². The first-order valence-electron chi connectivity index (χ1n) is 11.8. The number of nitrogens with one attached hydrogen (secondary N) is 2. The molecule has 2 N–H and O–H groups in total. The zero-order valence-electron chi connectivity index (χ0n) is 21.1. The van der Waals surface area contributed by atoms with E-state index in [1.165, 1.54) is 12.1 Å². The van der Waals surface area contributed by atoms with Gasteiger partial charge < -0.3 is 10.1 Å². The molecule has 0 radical (unpaired) electrons. The Labute approximate surface area is 203 Å². The zero-order valence-corrected chi connectivity index (χ0v) is 21.1. The number of rotatable bonds is 9. The number of hydrogen-bond acceptors (Lipinski definition) is 3. The summed E-state index contributed by atoms with van der Waals surface area (Å²) in [7, 11) is 3.31. The van der Waals surface area contributed by atoms with Gasteiger partial charge in [-0.05, 0) is 59.7 Å². The second-order valence-electron chi connectivity index (χ2n) is 8.14. The summed E-state index contributed by atoms with van der Waals surface area (Å²) in [4.78, 5) is 12.8. The molecule has 3 aromatic rings. The molecule has 0 aliphatic rings. The van der Waals surface area contributed by atoms with Gasteiger partial charge >= 0.3 is 0 Å². The van der Waals surface area contributed by atoms with Crippen molar-refractivity contribution in [1.82, 2.24) is 10.6 Å². The molecular weight excluding hydrogens is 427 g/mol. The molecule has 0 heterocycles. The fourth-order valence-electron chi connectivity index (χ4n) is 4.02. The van der Waals surface area contributed by atoms with Gasteiger partial charge in [0.25, 0.3) is 0 Å². The summed E-state index contributed by atoms with van der Waals surface area (Å²) in [6.07, 6.45) is 0.726. The first kappa shape index (κ1) is 27.1. The Morgan fingerprint density at radius 3 is 2.21 bits per heavy atom. The molecule has 1 amide bonds. The molecule has 0 aromatic heterocycles. The van der Waals surface area contributed by atoms with Gasteiger partial charge in [0.2, 0.25) is 5.91 Å². The predicted octanol–water partition coefficient (Wildman–Crippen LogP) is 6.17. The molecule has 3 aromatic carbocycles. The predicted molar refractivity (Wildman–Crippen MR) is 137 cm³/mol. The van der Waals surface area contributed by atoms with Gasteiger partial charge in [-0.2, -0.15) is 0 Å². The van der Waals surface area contributed by atoms with Gasteiger partial charge in [-0.15, -0.1) is 0 Å². The van der Waals surface area contributed by atoms with Crippen molar-refractivity contribution in [2.24, 2.45) is 5.92 Å². The Morgan fingerprint density at radius 1 is 0.971 bits per heavy atom. The van der Waals surface area contributed by atoms with Crippen LogP contribution in [0, 0.1) is 18.7 Å². The van der Waals surface area contributed by atoms with Crippen LogP contribution in [0.5, 0.6) is 5.75 Å². The van der Waals surface area contributed by atoms with Crippen LogP contribution in [0.2, 0.25) is 0 Å². The molecule has 34 heavy (non-hydrogen) atoms. The number of amides is 1. The minimum absolute atomic E-state index is 0.103. The van der Waals surface area contributed by atoms with Gasteiger partial charge in [0.05, 0.1) is 7.11 Å². The summed E-state index contributed by atoms with van der Waals surface area (Å²) in [5, 5.41) is 6.38. The van der Waals surface area contributed by atoms with E-state index in [-0.39, 0.29) is 23.7 Å². The molecule has 0 saturated carbocycles. The molecule has 2 unspecified atom stereocenters. The monoisotopic (exact) mass is 464 g/mol. The Hall–Kier alpha value is -3.18. The van der Waals surface area contributed by atoms with Crippen LogP contribution in [-0.2, 0) is 11.2 Å². The van der Waals surface area contributed by atoms with Gasteiger partial charge in [0.15, 0.2) is 0 Å². The molecule has 3 atom stereocenters. The van der Waals surface area contributed by atoms with E-state index >= 15 is 0 Å². The van der Waals surface area contributed by atoms with Crippen molar-refractivity contribution in [3.63, 3.8) is 0 Å². The number of carbonyl (C=O) groups excluding carboxylic acids is 1. The SMILES string of the molecule is CC.CNC(=O)C(N[C@@H](c1ccc(C)c(OC)c1)C(C)Cc1ccc(F)cc1)c1ccccc1. The lowest BCUT2D eigenvalue weighted by atomic mass is 9.87. The normalized spacial score (nSPS) is 13.1. The third-order valence-corrected chi connectivity index (χ3v) is 5.82. The highest BCUT2D eigenvalue weighted by molar-refractivity contribution is 5.83.